The summed E-state index contributed by atoms with van der Waals surface area (Å²) in [6.45, 7) is 2.14. The van der Waals surface area contributed by atoms with Gasteiger partial charge in [0.05, 0.1) is 5.52 Å². The van der Waals surface area contributed by atoms with E-state index in [4.69, 9.17) is 0 Å². The average Bonchev–Trinajstić information content (AvgIpc) is 3.25. The first-order chi connectivity index (χ1) is 15.2. The third kappa shape index (κ3) is 4.02. The minimum atomic E-state index is -0.139. The molecule has 2 aromatic carbocycles. The normalized spacial score (nSPS) is 16.5. The van der Waals surface area contributed by atoms with Crippen molar-refractivity contribution in [3.05, 3.63) is 84.6 Å². The van der Waals surface area contributed by atoms with Crippen molar-refractivity contribution in [1.29, 1.82) is 0 Å². The first kappa shape index (κ1) is 19.3. The zero-order chi connectivity index (χ0) is 21.2. The number of benzene rings is 2. The molecule has 0 spiro atoms. The van der Waals surface area contributed by atoms with E-state index in [-0.39, 0.29) is 5.91 Å². The highest BCUT2D eigenvalue weighted by Crippen LogP contribution is 2.34. The molecule has 2 aromatic heterocycles. The fourth-order valence-corrected chi connectivity index (χ4v) is 4.25. The van der Waals surface area contributed by atoms with Crippen molar-refractivity contribution in [2.45, 2.75) is 12.3 Å². The van der Waals surface area contributed by atoms with Gasteiger partial charge in [-0.2, -0.15) is 0 Å². The molecule has 1 aliphatic heterocycles. The van der Waals surface area contributed by atoms with E-state index in [0.717, 1.165) is 47.2 Å². The molecule has 154 valence electrons. The lowest BCUT2D eigenvalue weighted by Crippen LogP contribution is -2.13. The minimum absolute atomic E-state index is 0.139. The monoisotopic (exact) mass is 409 g/mol. The SMILES string of the molecule is CN1CCC(c2cc(-c3ccc(C(=O)Nc4ccncc4)cc3)cc3cncnc23)C1. The highest BCUT2D eigenvalue weighted by molar-refractivity contribution is 6.04. The van der Waals surface area contributed by atoms with Crippen LogP contribution in [0.3, 0.4) is 0 Å². The quantitative estimate of drug-likeness (QED) is 0.542. The van der Waals surface area contributed by atoms with Gasteiger partial charge in [0.15, 0.2) is 0 Å². The van der Waals surface area contributed by atoms with Crippen LogP contribution in [0.1, 0.15) is 28.3 Å². The number of rotatable bonds is 4. The number of carbonyl (C=O) groups excluding carboxylic acids is 1. The zero-order valence-electron chi connectivity index (χ0n) is 17.3. The van der Waals surface area contributed by atoms with Gasteiger partial charge in [0.2, 0.25) is 0 Å². The summed E-state index contributed by atoms with van der Waals surface area (Å²) < 4.78 is 0. The first-order valence-electron chi connectivity index (χ1n) is 10.4. The van der Waals surface area contributed by atoms with Gasteiger partial charge in [0.25, 0.3) is 5.91 Å². The highest BCUT2D eigenvalue weighted by atomic mass is 16.1. The molecule has 1 aliphatic rings. The Bertz CT molecular complexity index is 1220. The second kappa shape index (κ2) is 8.24. The molecule has 3 heterocycles. The summed E-state index contributed by atoms with van der Waals surface area (Å²) in [5.74, 6) is 0.326. The second-order valence-electron chi connectivity index (χ2n) is 8.04. The van der Waals surface area contributed by atoms with Gasteiger partial charge in [-0.1, -0.05) is 12.1 Å². The standard InChI is InChI=1S/C25H23N5O/c1-30-11-8-19(15-30)23-13-20(12-21-14-27-16-28-24(21)23)17-2-4-18(5-3-17)25(31)29-22-6-9-26-10-7-22/h2-7,9-10,12-14,16,19H,8,11,15H2,1H3,(H,26,29,31). The summed E-state index contributed by atoms with van der Waals surface area (Å²) in [6.07, 6.45) is 7.95. The summed E-state index contributed by atoms with van der Waals surface area (Å²) in [5, 5.41) is 3.94. The largest absolute Gasteiger partial charge is 0.322 e. The van der Waals surface area contributed by atoms with E-state index in [1.54, 1.807) is 30.9 Å². The number of likely N-dealkylation sites (N-methyl/N-ethyl adjacent to an activating group) is 1. The van der Waals surface area contributed by atoms with Crippen LogP contribution in [0.5, 0.6) is 0 Å². The van der Waals surface area contributed by atoms with Gasteiger partial charge in [-0.25, -0.2) is 9.97 Å². The number of carbonyl (C=O) groups is 1. The number of hydrogen-bond donors (Lipinski definition) is 1. The van der Waals surface area contributed by atoms with Crippen molar-refractivity contribution < 1.29 is 4.79 Å². The Hall–Kier alpha value is -3.64. The van der Waals surface area contributed by atoms with Gasteiger partial charge < -0.3 is 10.2 Å². The maximum absolute atomic E-state index is 12.5. The van der Waals surface area contributed by atoms with Crippen LogP contribution in [-0.2, 0) is 0 Å². The van der Waals surface area contributed by atoms with Crippen LogP contribution < -0.4 is 5.32 Å². The molecular weight excluding hydrogens is 386 g/mol. The number of aromatic nitrogens is 3. The first-order valence-corrected chi connectivity index (χ1v) is 10.4. The van der Waals surface area contributed by atoms with Crippen LogP contribution in [0.4, 0.5) is 5.69 Å². The molecule has 31 heavy (non-hydrogen) atoms. The van der Waals surface area contributed by atoms with E-state index in [1.807, 2.05) is 30.5 Å². The van der Waals surface area contributed by atoms with Gasteiger partial charge in [0, 0.05) is 41.8 Å². The van der Waals surface area contributed by atoms with Crippen LogP contribution >= 0.6 is 0 Å². The summed E-state index contributed by atoms with van der Waals surface area (Å²) in [6, 6.07) is 15.6. The van der Waals surface area contributed by atoms with Gasteiger partial charge in [-0.05, 0) is 79.0 Å². The van der Waals surface area contributed by atoms with Gasteiger partial charge in [-0.3, -0.25) is 9.78 Å². The molecule has 5 rings (SSSR count). The lowest BCUT2D eigenvalue weighted by Gasteiger charge is -2.15. The number of pyridine rings is 1. The van der Waals surface area contributed by atoms with E-state index in [9.17, 15) is 4.79 Å². The van der Waals surface area contributed by atoms with E-state index in [0.29, 0.717) is 11.5 Å². The predicted octanol–water partition coefficient (Wildman–Crippen LogP) is 4.36. The lowest BCUT2D eigenvalue weighted by molar-refractivity contribution is 0.102. The third-order valence-electron chi connectivity index (χ3n) is 5.89. The Morgan fingerprint density at radius 1 is 1.03 bits per heavy atom. The molecule has 1 atom stereocenters. The van der Waals surface area contributed by atoms with Crippen LogP contribution in [0.25, 0.3) is 22.0 Å². The molecule has 1 N–H and O–H groups in total. The number of anilines is 1. The van der Waals surface area contributed by atoms with E-state index in [1.165, 1.54) is 5.56 Å². The zero-order valence-corrected chi connectivity index (χ0v) is 17.3. The van der Waals surface area contributed by atoms with Crippen LogP contribution in [0, 0.1) is 0 Å². The molecule has 1 amide bonds. The molecule has 6 nitrogen and oxygen atoms in total. The Kier molecular flexibility index (Phi) is 5.14. The molecule has 0 saturated carbocycles. The molecule has 0 radical (unpaired) electrons. The Morgan fingerprint density at radius 2 is 1.84 bits per heavy atom. The van der Waals surface area contributed by atoms with Crippen LogP contribution in [0.2, 0.25) is 0 Å². The summed E-state index contributed by atoms with van der Waals surface area (Å²) in [5.41, 5.74) is 5.84. The third-order valence-corrected chi connectivity index (χ3v) is 5.89. The molecule has 0 aliphatic carbocycles. The number of hydrogen-bond acceptors (Lipinski definition) is 5. The Labute approximate surface area is 181 Å². The molecule has 4 aromatic rings. The number of fused-ring (bicyclic) bond motifs is 1. The molecule has 6 heteroatoms. The number of nitrogens with zero attached hydrogens (tertiary/aromatic N) is 4. The summed E-state index contributed by atoms with van der Waals surface area (Å²) in [7, 11) is 2.16. The number of likely N-dealkylation sites (tertiary alicyclic amines) is 1. The highest BCUT2D eigenvalue weighted by Gasteiger charge is 2.24. The lowest BCUT2D eigenvalue weighted by atomic mass is 9.91. The molecule has 0 bridgehead atoms. The Morgan fingerprint density at radius 3 is 2.58 bits per heavy atom. The maximum Gasteiger partial charge on any atom is 0.255 e. The van der Waals surface area contributed by atoms with Crippen molar-refractivity contribution in [3.8, 4) is 11.1 Å². The van der Waals surface area contributed by atoms with Crippen molar-refractivity contribution in [2.24, 2.45) is 0 Å². The van der Waals surface area contributed by atoms with Gasteiger partial charge in [0.1, 0.15) is 6.33 Å². The van der Waals surface area contributed by atoms with E-state index < -0.39 is 0 Å². The molecule has 1 fully saturated rings. The molecule has 1 unspecified atom stereocenters. The van der Waals surface area contributed by atoms with Gasteiger partial charge in [-0.15, -0.1) is 0 Å². The Balaban J connectivity index is 1.46. The van der Waals surface area contributed by atoms with Gasteiger partial charge >= 0.3 is 0 Å². The van der Waals surface area contributed by atoms with Crippen molar-refractivity contribution in [2.75, 3.05) is 25.5 Å². The van der Waals surface area contributed by atoms with Crippen molar-refractivity contribution in [1.82, 2.24) is 19.9 Å². The molecular formula is C25H23N5O. The summed E-state index contributed by atoms with van der Waals surface area (Å²) >= 11 is 0. The smallest absolute Gasteiger partial charge is 0.255 e. The fraction of sp³-hybridized carbons (Fsp3) is 0.200. The average molecular weight is 409 g/mol. The van der Waals surface area contributed by atoms with Crippen molar-refractivity contribution >= 4 is 22.5 Å². The van der Waals surface area contributed by atoms with E-state index >= 15 is 0 Å². The maximum atomic E-state index is 12.5. The number of amides is 1. The second-order valence-corrected chi connectivity index (χ2v) is 8.04. The molecule has 1 saturated heterocycles. The summed E-state index contributed by atoms with van der Waals surface area (Å²) in [4.78, 5) is 27.7. The van der Waals surface area contributed by atoms with Crippen LogP contribution in [-0.4, -0.2) is 45.9 Å². The number of nitrogens with one attached hydrogen (secondary N) is 1. The van der Waals surface area contributed by atoms with Crippen LogP contribution in [0.15, 0.2) is 73.4 Å². The predicted molar refractivity (Wildman–Crippen MR) is 122 cm³/mol. The van der Waals surface area contributed by atoms with Crippen molar-refractivity contribution in [3.63, 3.8) is 0 Å². The minimum Gasteiger partial charge on any atom is -0.322 e. The van der Waals surface area contributed by atoms with E-state index in [2.05, 4.69) is 44.3 Å². The fourth-order valence-electron chi connectivity index (χ4n) is 4.25. The topological polar surface area (TPSA) is 71.0 Å².